The smallest absolute Gasteiger partial charge is 0.269 e. The van der Waals surface area contributed by atoms with Crippen molar-refractivity contribution in [3.05, 3.63) is 77.3 Å². The predicted molar refractivity (Wildman–Crippen MR) is 107 cm³/mol. The van der Waals surface area contributed by atoms with Gasteiger partial charge in [0, 0.05) is 12.1 Å². The van der Waals surface area contributed by atoms with Crippen molar-refractivity contribution in [2.75, 3.05) is 10.2 Å². The van der Waals surface area contributed by atoms with Crippen molar-refractivity contribution in [3.8, 4) is 0 Å². The summed E-state index contributed by atoms with van der Waals surface area (Å²) in [4.78, 5) is 31.7. The zero-order valence-corrected chi connectivity index (χ0v) is 15.5. The van der Waals surface area contributed by atoms with Gasteiger partial charge in [-0.2, -0.15) is 0 Å². The van der Waals surface area contributed by atoms with Gasteiger partial charge in [0.2, 0.25) is 5.91 Å². The fourth-order valence-electron chi connectivity index (χ4n) is 2.76. The molecule has 27 heavy (non-hydrogen) atoms. The number of pyridine rings is 1. The lowest BCUT2D eigenvalue weighted by atomic mass is 10.2. The summed E-state index contributed by atoms with van der Waals surface area (Å²) in [5.74, 6) is 0.647. The van der Waals surface area contributed by atoms with E-state index >= 15 is 0 Å². The van der Waals surface area contributed by atoms with Crippen LogP contribution in [-0.4, -0.2) is 16.8 Å². The molecular weight excluding hydrogens is 358 g/mol. The number of nitrogens with zero attached hydrogens (tertiary/aromatic N) is 2. The molecule has 1 aromatic carbocycles. The summed E-state index contributed by atoms with van der Waals surface area (Å²) in [5, 5.41) is 3.61. The average Bonchev–Trinajstić information content (AvgIpc) is 3.47. The van der Waals surface area contributed by atoms with Gasteiger partial charge in [-0.25, -0.2) is 4.98 Å². The maximum absolute atomic E-state index is 13.2. The first-order chi connectivity index (χ1) is 13.2. The minimum Gasteiger partial charge on any atom is -0.317 e. The van der Waals surface area contributed by atoms with E-state index in [0.29, 0.717) is 22.2 Å². The van der Waals surface area contributed by atoms with Gasteiger partial charge in [-0.15, -0.1) is 11.3 Å². The van der Waals surface area contributed by atoms with Crippen molar-refractivity contribution in [1.29, 1.82) is 0 Å². The number of hydrogen-bond acceptors (Lipinski definition) is 4. The molecule has 3 aromatic rings. The first-order valence-corrected chi connectivity index (χ1v) is 9.70. The van der Waals surface area contributed by atoms with Gasteiger partial charge in [0.15, 0.2) is 0 Å². The highest BCUT2D eigenvalue weighted by Crippen LogP contribution is 2.32. The quantitative estimate of drug-likeness (QED) is 0.695. The third-order valence-electron chi connectivity index (χ3n) is 4.37. The summed E-state index contributed by atoms with van der Waals surface area (Å²) in [6.45, 7) is 0.429. The third-order valence-corrected chi connectivity index (χ3v) is 5.35. The molecule has 5 nitrogen and oxygen atoms in total. The summed E-state index contributed by atoms with van der Waals surface area (Å²) in [6.07, 6.45) is 3.58. The Bertz CT molecular complexity index is 936. The molecule has 0 bridgehead atoms. The molecule has 4 rings (SSSR count). The molecule has 0 radical (unpaired) electrons. The van der Waals surface area contributed by atoms with Crippen molar-refractivity contribution in [2.24, 2.45) is 5.92 Å². The van der Waals surface area contributed by atoms with Crippen LogP contribution in [0, 0.1) is 5.92 Å². The highest BCUT2D eigenvalue weighted by molar-refractivity contribution is 7.18. The average molecular weight is 377 g/mol. The van der Waals surface area contributed by atoms with Gasteiger partial charge < -0.3 is 5.32 Å². The molecule has 1 fully saturated rings. The van der Waals surface area contributed by atoms with E-state index in [2.05, 4.69) is 10.3 Å². The summed E-state index contributed by atoms with van der Waals surface area (Å²) < 4.78 is 0. The van der Waals surface area contributed by atoms with E-state index in [0.717, 1.165) is 18.4 Å². The number of hydrogen-bond donors (Lipinski definition) is 1. The summed E-state index contributed by atoms with van der Waals surface area (Å²) in [6, 6.07) is 18.9. The fraction of sp³-hybridized carbons (Fsp3) is 0.190. The van der Waals surface area contributed by atoms with Gasteiger partial charge in [-0.1, -0.05) is 36.4 Å². The van der Waals surface area contributed by atoms with Crippen LogP contribution in [-0.2, 0) is 11.3 Å². The molecule has 0 aliphatic heterocycles. The molecule has 2 amide bonds. The Balaban J connectivity index is 1.56. The van der Waals surface area contributed by atoms with E-state index in [1.54, 1.807) is 23.2 Å². The molecule has 2 aromatic heterocycles. The van der Waals surface area contributed by atoms with E-state index in [4.69, 9.17) is 0 Å². The highest BCUT2D eigenvalue weighted by Gasteiger charge is 2.30. The molecule has 6 heteroatoms. The Morgan fingerprint density at radius 2 is 1.81 bits per heavy atom. The molecule has 2 heterocycles. The standard InChI is InChI=1S/C21H19N3O2S/c25-20(16-9-10-16)23-19-12-11-17(27-19)21(26)24(18-8-4-5-13-22-18)14-15-6-2-1-3-7-15/h1-8,11-13,16H,9-10,14H2,(H,23,25). The van der Waals surface area contributed by atoms with Gasteiger partial charge in [0.25, 0.3) is 5.91 Å². The van der Waals surface area contributed by atoms with E-state index in [9.17, 15) is 9.59 Å². The van der Waals surface area contributed by atoms with E-state index in [1.165, 1.54) is 11.3 Å². The zero-order chi connectivity index (χ0) is 18.6. The second kappa shape index (κ2) is 7.72. The van der Waals surface area contributed by atoms with Crippen LogP contribution in [0.2, 0.25) is 0 Å². The summed E-state index contributed by atoms with van der Waals surface area (Å²) in [5.41, 5.74) is 1.02. The second-order valence-electron chi connectivity index (χ2n) is 6.49. The number of aromatic nitrogens is 1. The molecular formula is C21H19N3O2S. The summed E-state index contributed by atoms with van der Waals surface area (Å²) in [7, 11) is 0. The van der Waals surface area contributed by atoms with Crippen LogP contribution < -0.4 is 10.2 Å². The molecule has 1 saturated carbocycles. The number of anilines is 2. The van der Waals surface area contributed by atoms with Crippen LogP contribution in [0.15, 0.2) is 66.9 Å². The lowest BCUT2D eigenvalue weighted by Gasteiger charge is -2.21. The minimum atomic E-state index is -0.130. The number of rotatable bonds is 6. The van der Waals surface area contributed by atoms with Crippen LogP contribution in [0.25, 0.3) is 0 Å². The molecule has 1 aliphatic carbocycles. The Hall–Kier alpha value is -2.99. The number of carbonyl (C=O) groups is 2. The number of amides is 2. The van der Waals surface area contributed by atoms with Gasteiger partial charge in [-0.3, -0.25) is 14.5 Å². The van der Waals surface area contributed by atoms with Gasteiger partial charge in [-0.05, 0) is 42.7 Å². The van der Waals surface area contributed by atoms with Crippen LogP contribution in [0.3, 0.4) is 0 Å². The minimum absolute atomic E-state index is 0.0433. The second-order valence-corrected chi connectivity index (χ2v) is 7.58. The molecule has 1 aliphatic rings. The Morgan fingerprint density at radius 3 is 2.52 bits per heavy atom. The molecule has 0 unspecified atom stereocenters. The molecule has 136 valence electrons. The Labute approximate surface area is 161 Å². The topological polar surface area (TPSA) is 62.3 Å². The number of nitrogens with one attached hydrogen (secondary N) is 1. The first-order valence-electron chi connectivity index (χ1n) is 8.88. The zero-order valence-electron chi connectivity index (χ0n) is 14.7. The van der Waals surface area contributed by atoms with Gasteiger partial charge >= 0.3 is 0 Å². The predicted octanol–water partition coefficient (Wildman–Crippen LogP) is 4.34. The number of benzene rings is 1. The van der Waals surface area contributed by atoms with Gasteiger partial charge in [0.1, 0.15) is 5.82 Å². The van der Waals surface area contributed by atoms with E-state index in [-0.39, 0.29) is 17.7 Å². The molecule has 0 saturated heterocycles. The van der Waals surface area contributed by atoms with Crippen molar-refractivity contribution < 1.29 is 9.59 Å². The number of carbonyl (C=O) groups excluding carboxylic acids is 2. The molecule has 0 spiro atoms. The third kappa shape index (κ3) is 4.23. The SMILES string of the molecule is O=C(Nc1ccc(C(=O)N(Cc2ccccc2)c2ccccn2)s1)C1CC1. The van der Waals surface area contributed by atoms with Gasteiger partial charge in [0.05, 0.1) is 16.4 Å². The first kappa shape index (κ1) is 17.4. The van der Waals surface area contributed by atoms with Crippen LogP contribution in [0.4, 0.5) is 10.8 Å². The summed E-state index contributed by atoms with van der Waals surface area (Å²) >= 11 is 1.30. The molecule has 1 N–H and O–H groups in total. The molecule has 0 atom stereocenters. The fourth-order valence-corrected chi connectivity index (χ4v) is 3.62. The Morgan fingerprint density at radius 1 is 1.04 bits per heavy atom. The lowest BCUT2D eigenvalue weighted by molar-refractivity contribution is -0.117. The van der Waals surface area contributed by atoms with Crippen molar-refractivity contribution >= 4 is 34.0 Å². The maximum Gasteiger partial charge on any atom is 0.269 e. The lowest BCUT2D eigenvalue weighted by Crippen LogP contribution is -2.30. The Kier molecular flexibility index (Phi) is 4.98. The normalized spacial score (nSPS) is 13.2. The van der Waals surface area contributed by atoms with Crippen molar-refractivity contribution in [2.45, 2.75) is 19.4 Å². The monoisotopic (exact) mass is 377 g/mol. The highest BCUT2D eigenvalue weighted by atomic mass is 32.1. The van der Waals surface area contributed by atoms with Crippen LogP contribution >= 0.6 is 11.3 Å². The van der Waals surface area contributed by atoms with Crippen molar-refractivity contribution in [3.63, 3.8) is 0 Å². The van der Waals surface area contributed by atoms with Crippen LogP contribution in [0.5, 0.6) is 0 Å². The number of thiophene rings is 1. The van der Waals surface area contributed by atoms with E-state index < -0.39 is 0 Å². The van der Waals surface area contributed by atoms with Crippen LogP contribution in [0.1, 0.15) is 28.1 Å². The van der Waals surface area contributed by atoms with Crippen molar-refractivity contribution in [1.82, 2.24) is 4.98 Å². The largest absolute Gasteiger partial charge is 0.317 e. The van der Waals surface area contributed by atoms with E-state index in [1.807, 2.05) is 48.5 Å². The maximum atomic E-state index is 13.2.